The van der Waals surface area contributed by atoms with Gasteiger partial charge in [0.25, 0.3) is 0 Å². The predicted octanol–water partition coefficient (Wildman–Crippen LogP) is 3.80. The van der Waals surface area contributed by atoms with E-state index in [9.17, 15) is 0 Å². The Morgan fingerprint density at radius 1 is 1.29 bits per heavy atom. The lowest BCUT2D eigenvalue weighted by Gasteiger charge is -2.26. The summed E-state index contributed by atoms with van der Waals surface area (Å²) in [6, 6.07) is 0.684. The first-order valence-corrected chi connectivity index (χ1v) is 7.75. The maximum Gasteiger partial charge on any atom is 0.143 e. The van der Waals surface area contributed by atoms with Crippen LogP contribution >= 0.6 is 15.9 Å². The van der Waals surface area contributed by atoms with E-state index < -0.39 is 0 Å². The highest BCUT2D eigenvalue weighted by atomic mass is 79.9. The van der Waals surface area contributed by atoms with Gasteiger partial charge in [0.1, 0.15) is 11.6 Å². The largest absolute Gasteiger partial charge is 0.311 e. The summed E-state index contributed by atoms with van der Waals surface area (Å²) in [6.07, 6.45) is 6.54. The molecule has 2 fully saturated rings. The van der Waals surface area contributed by atoms with Gasteiger partial charge < -0.3 is 4.57 Å². The molecule has 2 aliphatic rings. The Bertz CT molecular complexity index is 420. The van der Waals surface area contributed by atoms with Crippen molar-refractivity contribution in [1.29, 1.82) is 0 Å². The number of nitrogens with zero attached hydrogens (tertiary/aromatic N) is 3. The van der Waals surface area contributed by atoms with Crippen LogP contribution in [0, 0.1) is 5.41 Å². The van der Waals surface area contributed by atoms with Gasteiger partial charge in [0, 0.05) is 12.0 Å². The van der Waals surface area contributed by atoms with Gasteiger partial charge >= 0.3 is 0 Å². The Morgan fingerprint density at radius 3 is 2.59 bits per heavy atom. The third kappa shape index (κ3) is 1.94. The van der Waals surface area contributed by atoms with Crippen molar-refractivity contribution in [3.8, 4) is 0 Å². The van der Waals surface area contributed by atoms with Crippen molar-refractivity contribution >= 4 is 15.9 Å². The van der Waals surface area contributed by atoms with E-state index in [4.69, 9.17) is 0 Å². The van der Waals surface area contributed by atoms with Crippen LogP contribution in [0.2, 0.25) is 0 Å². The molecule has 1 aromatic heterocycles. The first-order valence-electron chi connectivity index (χ1n) is 6.63. The van der Waals surface area contributed by atoms with E-state index in [0.717, 1.165) is 11.2 Å². The van der Waals surface area contributed by atoms with Crippen molar-refractivity contribution in [3.63, 3.8) is 0 Å². The Hall–Kier alpha value is -0.380. The van der Waals surface area contributed by atoms with Crippen molar-refractivity contribution in [2.24, 2.45) is 5.41 Å². The Labute approximate surface area is 111 Å². The van der Waals surface area contributed by atoms with E-state index in [1.807, 2.05) is 0 Å². The van der Waals surface area contributed by atoms with E-state index in [2.05, 4.69) is 44.5 Å². The second kappa shape index (κ2) is 4.08. The molecule has 0 spiro atoms. The first kappa shape index (κ1) is 11.7. The van der Waals surface area contributed by atoms with Crippen LogP contribution in [0.1, 0.15) is 69.6 Å². The lowest BCUT2D eigenvalue weighted by Crippen LogP contribution is -2.20. The Morgan fingerprint density at radius 2 is 2.06 bits per heavy atom. The topological polar surface area (TPSA) is 30.7 Å². The molecule has 0 aromatic carbocycles. The summed E-state index contributed by atoms with van der Waals surface area (Å²) in [7, 11) is 0. The van der Waals surface area contributed by atoms with Crippen LogP contribution in [0.25, 0.3) is 0 Å². The van der Waals surface area contributed by atoms with Crippen molar-refractivity contribution in [2.75, 3.05) is 0 Å². The maximum absolute atomic E-state index is 4.51. The molecule has 0 aliphatic heterocycles. The van der Waals surface area contributed by atoms with Crippen molar-refractivity contribution in [2.45, 2.75) is 63.2 Å². The minimum absolute atomic E-state index is 0.392. The van der Waals surface area contributed by atoms with Gasteiger partial charge in [-0.2, -0.15) is 0 Å². The highest BCUT2D eigenvalue weighted by Gasteiger charge is 2.41. The van der Waals surface area contributed by atoms with Gasteiger partial charge in [-0.3, -0.25) is 0 Å². The van der Waals surface area contributed by atoms with E-state index in [1.54, 1.807) is 0 Å². The number of rotatable bonds is 3. The molecule has 2 aliphatic carbocycles. The summed E-state index contributed by atoms with van der Waals surface area (Å²) in [5.41, 5.74) is 0.392. The van der Waals surface area contributed by atoms with Crippen molar-refractivity contribution < 1.29 is 0 Å². The van der Waals surface area contributed by atoms with Crippen LogP contribution < -0.4 is 0 Å². The number of alkyl halides is 1. The first-order chi connectivity index (χ1) is 8.13. The van der Waals surface area contributed by atoms with Gasteiger partial charge in [-0.25, -0.2) is 0 Å². The standard InChI is InChI=1S/C13H20BrN3/c1-13(2)7-3-4-10(13)12-16-15-11(8-14)17(12)9-5-6-9/h9-10H,3-8H2,1-2H3. The summed E-state index contributed by atoms with van der Waals surface area (Å²) in [4.78, 5) is 0. The third-order valence-corrected chi connectivity index (χ3v) is 4.89. The average molecular weight is 298 g/mol. The molecule has 1 unspecified atom stereocenters. The molecule has 3 rings (SSSR count). The molecule has 1 heterocycles. The molecule has 17 heavy (non-hydrogen) atoms. The van der Waals surface area contributed by atoms with Crippen molar-refractivity contribution in [3.05, 3.63) is 11.6 Å². The number of hydrogen-bond acceptors (Lipinski definition) is 2. The second-order valence-electron chi connectivity index (χ2n) is 6.14. The Balaban J connectivity index is 1.99. The molecule has 2 saturated carbocycles. The van der Waals surface area contributed by atoms with Gasteiger partial charge in [0.2, 0.25) is 0 Å². The van der Waals surface area contributed by atoms with Crippen LogP contribution in [0.3, 0.4) is 0 Å². The summed E-state index contributed by atoms with van der Waals surface area (Å²) < 4.78 is 2.42. The zero-order chi connectivity index (χ0) is 12.0. The fourth-order valence-electron chi connectivity index (χ4n) is 3.20. The van der Waals surface area contributed by atoms with Gasteiger partial charge in [-0.15, -0.1) is 10.2 Å². The summed E-state index contributed by atoms with van der Waals surface area (Å²) >= 11 is 3.53. The summed E-state index contributed by atoms with van der Waals surface area (Å²) in [6.45, 7) is 4.76. The quantitative estimate of drug-likeness (QED) is 0.795. The normalized spacial score (nSPS) is 27.6. The van der Waals surface area contributed by atoms with Gasteiger partial charge in [0.05, 0.1) is 5.33 Å². The molecule has 0 bridgehead atoms. The van der Waals surface area contributed by atoms with E-state index >= 15 is 0 Å². The number of halogens is 1. The molecule has 0 amide bonds. The molecule has 1 atom stereocenters. The molecule has 0 saturated heterocycles. The minimum Gasteiger partial charge on any atom is -0.311 e. The summed E-state index contributed by atoms with van der Waals surface area (Å²) in [5, 5.41) is 9.70. The van der Waals surface area contributed by atoms with Crippen LogP contribution in [-0.2, 0) is 5.33 Å². The minimum atomic E-state index is 0.392. The fourth-order valence-corrected chi connectivity index (χ4v) is 3.58. The Kier molecular flexibility index (Phi) is 2.80. The zero-order valence-corrected chi connectivity index (χ0v) is 12.2. The number of hydrogen-bond donors (Lipinski definition) is 0. The third-order valence-electron chi connectivity index (χ3n) is 4.39. The molecular weight excluding hydrogens is 278 g/mol. The zero-order valence-electron chi connectivity index (χ0n) is 10.6. The van der Waals surface area contributed by atoms with Crippen LogP contribution in [0.15, 0.2) is 0 Å². The van der Waals surface area contributed by atoms with Crippen LogP contribution in [0.4, 0.5) is 0 Å². The van der Waals surface area contributed by atoms with Gasteiger partial charge in [-0.1, -0.05) is 36.2 Å². The fraction of sp³-hybridized carbons (Fsp3) is 0.846. The molecule has 94 valence electrons. The average Bonchev–Trinajstić information content (AvgIpc) is 2.94. The SMILES string of the molecule is CC1(C)CCCC1c1nnc(CBr)n1C1CC1. The second-order valence-corrected chi connectivity index (χ2v) is 6.70. The molecule has 3 nitrogen and oxygen atoms in total. The number of aromatic nitrogens is 3. The van der Waals surface area contributed by atoms with Gasteiger partial charge in [0.15, 0.2) is 0 Å². The van der Waals surface area contributed by atoms with E-state index in [1.165, 1.54) is 37.9 Å². The lowest BCUT2D eigenvalue weighted by atomic mass is 9.81. The van der Waals surface area contributed by atoms with Crippen LogP contribution in [0.5, 0.6) is 0 Å². The predicted molar refractivity (Wildman–Crippen MR) is 71.3 cm³/mol. The molecule has 0 radical (unpaired) electrons. The van der Waals surface area contributed by atoms with E-state index in [-0.39, 0.29) is 0 Å². The van der Waals surface area contributed by atoms with E-state index in [0.29, 0.717) is 17.4 Å². The van der Waals surface area contributed by atoms with Gasteiger partial charge in [-0.05, 0) is 31.1 Å². The summed E-state index contributed by atoms with van der Waals surface area (Å²) in [5.74, 6) is 2.97. The van der Waals surface area contributed by atoms with Crippen molar-refractivity contribution in [1.82, 2.24) is 14.8 Å². The highest BCUT2D eigenvalue weighted by Crippen LogP contribution is 2.50. The molecule has 0 N–H and O–H groups in total. The molecule has 4 heteroatoms. The lowest BCUT2D eigenvalue weighted by molar-refractivity contribution is 0.314. The monoisotopic (exact) mass is 297 g/mol. The molecule has 1 aromatic rings. The van der Waals surface area contributed by atoms with Crippen LogP contribution in [-0.4, -0.2) is 14.8 Å². The maximum atomic E-state index is 4.51. The molecular formula is C13H20BrN3. The highest BCUT2D eigenvalue weighted by molar-refractivity contribution is 9.08. The smallest absolute Gasteiger partial charge is 0.143 e.